The number of benzene rings is 4. The number of ether oxygens (including phenoxy) is 2. The van der Waals surface area contributed by atoms with Gasteiger partial charge < -0.3 is 25.0 Å². The molecule has 9 nitrogen and oxygen atoms in total. The molecule has 0 spiro atoms. The number of piperazine rings is 1. The molecule has 0 aliphatic carbocycles. The summed E-state index contributed by atoms with van der Waals surface area (Å²) in [7, 11) is 0. The fraction of sp³-hybridized carbons (Fsp3) is 0.395. The Morgan fingerprint density at radius 1 is 0.712 bits per heavy atom. The molecule has 2 aliphatic rings. The number of hydrogen-bond acceptors (Lipinski definition) is 7. The molecule has 3 atom stereocenters. The van der Waals surface area contributed by atoms with Gasteiger partial charge in [0.05, 0.1) is 18.8 Å². The smallest absolute Gasteiger partial charge is 0.303 e. The second-order valence-electron chi connectivity index (χ2n) is 13.9. The summed E-state index contributed by atoms with van der Waals surface area (Å²) < 4.78 is 13.3. The molecule has 2 aliphatic heterocycles. The third-order valence-corrected chi connectivity index (χ3v) is 10.1. The maximum absolute atomic E-state index is 12.5. The van der Waals surface area contributed by atoms with Gasteiger partial charge in [-0.2, -0.15) is 0 Å². The molecular formula is C43H51N3O6. The van der Waals surface area contributed by atoms with Gasteiger partial charge in [0.2, 0.25) is 5.91 Å². The maximum atomic E-state index is 12.5. The third-order valence-electron chi connectivity index (χ3n) is 10.1. The topological polar surface area (TPSA) is 112 Å². The van der Waals surface area contributed by atoms with Gasteiger partial charge in [0, 0.05) is 70.6 Å². The fourth-order valence-corrected chi connectivity index (χ4v) is 7.09. The largest absolute Gasteiger partial charge is 0.481 e. The molecule has 2 fully saturated rings. The molecule has 52 heavy (non-hydrogen) atoms. The van der Waals surface area contributed by atoms with Crippen LogP contribution in [0.2, 0.25) is 0 Å². The summed E-state index contributed by atoms with van der Waals surface area (Å²) in [6.45, 7) is 6.27. The fourth-order valence-electron chi connectivity index (χ4n) is 7.09. The lowest BCUT2D eigenvalue weighted by molar-refractivity contribution is -0.253. The molecule has 1 amide bonds. The van der Waals surface area contributed by atoms with Crippen molar-refractivity contribution in [3.05, 3.63) is 131 Å². The van der Waals surface area contributed by atoms with E-state index in [9.17, 15) is 14.7 Å². The highest BCUT2D eigenvalue weighted by molar-refractivity contribution is 5.76. The first-order valence-corrected chi connectivity index (χ1v) is 18.6. The minimum atomic E-state index is -0.800. The van der Waals surface area contributed by atoms with Gasteiger partial charge >= 0.3 is 5.97 Å². The predicted molar refractivity (Wildman–Crippen MR) is 201 cm³/mol. The number of nitrogens with zero attached hydrogens (tertiary/aromatic N) is 2. The summed E-state index contributed by atoms with van der Waals surface area (Å²) in [5.74, 6) is -0.831. The van der Waals surface area contributed by atoms with E-state index in [-0.39, 0.29) is 31.1 Å². The number of carbonyl (C=O) groups excluding carboxylic acids is 1. The molecule has 0 radical (unpaired) electrons. The van der Waals surface area contributed by atoms with Crippen molar-refractivity contribution >= 4 is 11.9 Å². The Bertz CT molecular complexity index is 1710. The highest BCUT2D eigenvalue weighted by Crippen LogP contribution is 2.39. The zero-order valence-corrected chi connectivity index (χ0v) is 29.9. The Hall–Kier alpha value is -4.38. The normalized spacial score (nSPS) is 19.7. The highest BCUT2D eigenvalue weighted by Gasteiger charge is 2.34. The SMILES string of the molecule is O=C(O)CCCCCC(=O)NCc1ccccc1-c1ccc(C2OC(CN3CCN(Cc4ccccc4)CC3)CC(c3ccc(CO)cc3)O2)cc1. The van der Waals surface area contributed by atoms with Gasteiger partial charge in [0.1, 0.15) is 0 Å². The van der Waals surface area contributed by atoms with Crippen LogP contribution in [0.5, 0.6) is 0 Å². The van der Waals surface area contributed by atoms with Crippen molar-refractivity contribution in [2.24, 2.45) is 0 Å². The quantitative estimate of drug-likeness (QED) is 0.109. The lowest BCUT2D eigenvalue weighted by atomic mass is 9.97. The third kappa shape index (κ3) is 10.8. The van der Waals surface area contributed by atoms with Gasteiger partial charge in [0.25, 0.3) is 0 Å². The van der Waals surface area contributed by atoms with E-state index in [2.05, 4.69) is 87.9 Å². The van der Waals surface area contributed by atoms with Crippen molar-refractivity contribution in [1.29, 1.82) is 0 Å². The van der Waals surface area contributed by atoms with Crippen molar-refractivity contribution in [3.8, 4) is 11.1 Å². The summed E-state index contributed by atoms with van der Waals surface area (Å²) in [5, 5.41) is 21.4. The minimum absolute atomic E-state index is 0.00838. The summed E-state index contributed by atoms with van der Waals surface area (Å²) in [4.78, 5) is 28.3. The molecule has 274 valence electrons. The van der Waals surface area contributed by atoms with Gasteiger partial charge in [-0.15, -0.1) is 0 Å². The Morgan fingerprint density at radius 3 is 2.12 bits per heavy atom. The zero-order valence-electron chi connectivity index (χ0n) is 29.9. The van der Waals surface area contributed by atoms with E-state index in [1.807, 2.05) is 30.3 Å². The number of amides is 1. The average molecular weight is 706 g/mol. The molecule has 2 heterocycles. The van der Waals surface area contributed by atoms with Gasteiger partial charge in [-0.1, -0.05) is 110 Å². The summed E-state index contributed by atoms with van der Waals surface area (Å²) >= 11 is 0. The van der Waals surface area contributed by atoms with Crippen LogP contribution in [0.25, 0.3) is 11.1 Å². The molecule has 4 aromatic carbocycles. The lowest BCUT2D eigenvalue weighted by Gasteiger charge is -2.40. The van der Waals surface area contributed by atoms with Crippen LogP contribution in [0.1, 0.15) is 78.7 Å². The standard InChI is InChI=1S/C43H51N3O6/c47-31-33-15-17-35(18-16-33)40-27-38(30-46-25-23-45(24-26-46)29-32-9-3-1-4-10-32)51-43(52-40)36-21-19-34(20-22-36)39-12-8-7-11-37(39)28-44-41(48)13-5-2-6-14-42(49)50/h1,3-4,7-12,15-22,38,40,43,47H,2,5-6,13-14,23-31H2,(H,44,48)(H,49,50). The Labute approximate surface area is 307 Å². The van der Waals surface area contributed by atoms with Crippen molar-refractivity contribution < 1.29 is 29.3 Å². The molecule has 9 heteroatoms. The number of carboxylic acid groups (broad SMARTS) is 1. The first-order valence-electron chi connectivity index (χ1n) is 18.6. The number of rotatable bonds is 16. The van der Waals surface area contributed by atoms with Crippen LogP contribution in [0.15, 0.2) is 103 Å². The van der Waals surface area contributed by atoms with E-state index in [1.165, 1.54) is 5.56 Å². The van der Waals surface area contributed by atoms with E-state index in [1.54, 1.807) is 0 Å². The van der Waals surface area contributed by atoms with Gasteiger partial charge in [-0.3, -0.25) is 19.4 Å². The number of nitrogens with one attached hydrogen (secondary N) is 1. The Kier molecular flexibility index (Phi) is 13.6. The van der Waals surface area contributed by atoms with Crippen molar-refractivity contribution in [1.82, 2.24) is 15.1 Å². The first-order chi connectivity index (χ1) is 25.4. The van der Waals surface area contributed by atoms with Gasteiger partial charge in [-0.05, 0) is 46.2 Å². The van der Waals surface area contributed by atoms with Gasteiger partial charge in [0.15, 0.2) is 6.29 Å². The number of aliphatic carboxylic acids is 1. The van der Waals surface area contributed by atoms with Gasteiger partial charge in [-0.25, -0.2) is 0 Å². The molecular weight excluding hydrogens is 654 g/mol. The monoisotopic (exact) mass is 705 g/mol. The predicted octanol–water partition coefficient (Wildman–Crippen LogP) is 6.86. The molecule has 6 rings (SSSR count). The number of carboxylic acids is 1. The van der Waals surface area contributed by atoms with Crippen molar-refractivity contribution in [2.45, 2.75) is 76.7 Å². The van der Waals surface area contributed by atoms with E-state index in [0.717, 1.165) is 85.5 Å². The molecule has 3 N–H and O–H groups in total. The molecule has 4 aromatic rings. The van der Waals surface area contributed by atoms with Crippen LogP contribution in [-0.2, 0) is 38.8 Å². The number of aliphatic hydroxyl groups excluding tert-OH is 1. The van der Waals surface area contributed by atoms with E-state index in [4.69, 9.17) is 14.6 Å². The number of aliphatic hydroxyl groups is 1. The summed E-state index contributed by atoms with van der Waals surface area (Å²) in [6, 6.07) is 35.1. The highest BCUT2D eigenvalue weighted by atomic mass is 16.7. The second kappa shape index (κ2) is 18.9. The van der Waals surface area contributed by atoms with Crippen LogP contribution in [0, 0.1) is 0 Å². The zero-order chi connectivity index (χ0) is 36.1. The molecule has 0 bridgehead atoms. The average Bonchev–Trinajstić information content (AvgIpc) is 3.18. The number of carbonyl (C=O) groups is 2. The van der Waals surface area contributed by atoms with Crippen LogP contribution in [0.3, 0.4) is 0 Å². The van der Waals surface area contributed by atoms with E-state index in [0.29, 0.717) is 25.8 Å². The molecule has 0 saturated carbocycles. The van der Waals surface area contributed by atoms with Crippen molar-refractivity contribution in [3.63, 3.8) is 0 Å². The summed E-state index contributed by atoms with van der Waals surface area (Å²) in [6.07, 6.45) is 2.58. The van der Waals surface area contributed by atoms with Crippen LogP contribution < -0.4 is 5.32 Å². The Balaban J connectivity index is 1.09. The van der Waals surface area contributed by atoms with E-state index >= 15 is 0 Å². The van der Waals surface area contributed by atoms with E-state index < -0.39 is 12.3 Å². The minimum Gasteiger partial charge on any atom is -0.481 e. The molecule has 2 saturated heterocycles. The number of unbranched alkanes of at least 4 members (excludes halogenated alkanes) is 2. The lowest BCUT2D eigenvalue weighted by Crippen LogP contribution is -2.49. The van der Waals surface area contributed by atoms with Crippen molar-refractivity contribution in [2.75, 3.05) is 32.7 Å². The maximum Gasteiger partial charge on any atom is 0.303 e. The van der Waals surface area contributed by atoms with Crippen LogP contribution in [-0.4, -0.2) is 70.7 Å². The second-order valence-corrected chi connectivity index (χ2v) is 13.9. The molecule has 0 aromatic heterocycles. The summed E-state index contributed by atoms with van der Waals surface area (Å²) in [5.41, 5.74) is 7.37. The molecule has 3 unspecified atom stereocenters. The van der Waals surface area contributed by atoms with Crippen LogP contribution >= 0.6 is 0 Å². The first kappa shape index (κ1) is 37.4. The number of hydrogen-bond donors (Lipinski definition) is 3. The van der Waals surface area contributed by atoms with Crippen LogP contribution in [0.4, 0.5) is 0 Å². The Morgan fingerprint density at radius 2 is 1.38 bits per heavy atom.